The van der Waals surface area contributed by atoms with E-state index in [-0.39, 0.29) is 4.90 Å². The third-order valence-electron chi connectivity index (χ3n) is 4.38. The second-order valence-corrected chi connectivity index (χ2v) is 8.07. The molecule has 0 spiro atoms. The van der Waals surface area contributed by atoms with Crippen LogP contribution in [0.25, 0.3) is 0 Å². The largest absolute Gasteiger partial charge is 0.486 e. The minimum absolute atomic E-state index is 0.161. The molecule has 0 radical (unpaired) electrons. The van der Waals surface area contributed by atoms with Gasteiger partial charge in [-0.05, 0) is 37.3 Å². The quantitative estimate of drug-likeness (QED) is 0.563. The van der Waals surface area contributed by atoms with Crippen LogP contribution >= 0.6 is 0 Å². The maximum atomic E-state index is 12.5. The van der Waals surface area contributed by atoms with Crippen molar-refractivity contribution >= 4 is 21.6 Å². The Morgan fingerprint density at radius 1 is 1.14 bits per heavy atom. The fourth-order valence-corrected chi connectivity index (χ4v) is 4.19. The summed E-state index contributed by atoms with van der Waals surface area (Å²) in [5, 5.41) is 4.32. The van der Waals surface area contributed by atoms with E-state index in [9.17, 15) is 8.42 Å². The molecule has 0 saturated carbocycles. The number of pyridine rings is 1. The van der Waals surface area contributed by atoms with E-state index in [0.29, 0.717) is 37.9 Å². The summed E-state index contributed by atoms with van der Waals surface area (Å²) >= 11 is 0. The van der Waals surface area contributed by atoms with Crippen LogP contribution in [0.2, 0.25) is 0 Å². The summed E-state index contributed by atoms with van der Waals surface area (Å²) < 4.78 is 37.5. The van der Waals surface area contributed by atoms with Gasteiger partial charge < -0.3 is 9.47 Å². The fraction of sp³-hybridized carbons (Fsp3) is 0.368. The first-order valence-corrected chi connectivity index (χ1v) is 10.6. The van der Waals surface area contributed by atoms with Crippen LogP contribution in [0.4, 0.5) is 5.82 Å². The smallest absolute Gasteiger partial charge is 0.244 e. The van der Waals surface area contributed by atoms with Crippen molar-refractivity contribution in [2.75, 3.05) is 31.7 Å². The van der Waals surface area contributed by atoms with E-state index < -0.39 is 10.0 Å². The molecule has 0 bridgehead atoms. The number of hydrogen-bond acceptors (Lipinski definition) is 7. The van der Waals surface area contributed by atoms with Crippen molar-refractivity contribution in [3.8, 4) is 11.5 Å². The highest BCUT2D eigenvalue weighted by Crippen LogP contribution is 2.30. The van der Waals surface area contributed by atoms with Crippen molar-refractivity contribution in [2.24, 2.45) is 5.10 Å². The molecule has 0 unspecified atom stereocenters. The average molecular weight is 404 g/mol. The van der Waals surface area contributed by atoms with Gasteiger partial charge in [-0.2, -0.15) is 9.41 Å². The molecule has 2 aromatic rings. The van der Waals surface area contributed by atoms with Gasteiger partial charge >= 0.3 is 0 Å². The third-order valence-corrected chi connectivity index (χ3v) is 6.41. The van der Waals surface area contributed by atoms with E-state index in [4.69, 9.17) is 9.47 Å². The lowest BCUT2D eigenvalue weighted by molar-refractivity contribution is 0.171. The van der Waals surface area contributed by atoms with E-state index in [0.717, 1.165) is 17.0 Å². The highest BCUT2D eigenvalue weighted by Gasteiger charge is 2.21. The van der Waals surface area contributed by atoms with Crippen LogP contribution in [-0.2, 0) is 10.0 Å². The Balaban J connectivity index is 1.72. The molecule has 1 aliphatic rings. The predicted octanol–water partition coefficient (Wildman–Crippen LogP) is 2.72. The van der Waals surface area contributed by atoms with Crippen LogP contribution in [-0.4, -0.2) is 49.7 Å². The predicted molar refractivity (Wildman–Crippen MR) is 108 cm³/mol. The molecular formula is C19H24N4O4S. The van der Waals surface area contributed by atoms with E-state index >= 15 is 0 Å². The first-order chi connectivity index (χ1) is 13.5. The SMILES string of the molecule is CCN(CC)S(=O)(=O)c1ccc(N/N=C(\C)c2ccc3c(c2)OCCO3)nc1. The van der Waals surface area contributed by atoms with Crippen LogP contribution in [0.1, 0.15) is 26.3 Å². The Morgan fingerprint density at radius 2 is 1.86 bits per heavy atom. The van der Waals surface area contributed by atoms with Crippen molar-refractivity contribution in [3.05, 3.63) is 42.1 Å². The molecular weight excluding hydrogens is 380 g/mol. The zero-order valence-electron chi connectivity index (χ0n) is 16.2. The van der Waals surface area contributed by atoms with Gasteiger partial charge in [0.05, 0.1) is 5.71 Å². The zero-order chi connectivity index (χ0) is 20.1. The van der Waals surface area contributed by atoms with Crippen molar-refractivity contribution in [1.29, 1.82) is 0 Å². The lowest BCUT2D eigenvalue weighted by Crippen LogP contribution is -2.30. The summed E-state index contributed by atoms with van der Waals surface area (Å²) in [7, 11) is -3.52. The number of ether oxygens (including phenoxy) is 2. The van der Waals surface area contributed by atoms with Gasteiger partial charge in [0.25, 0.3) is 0 Å². The number of sulfonamides is 1. The first-order valence-electron chi connectivity index (χ1n) is 9.12. The number of anilines is 1. The fourth-order valence-electron chi connectivity index (χ4n) is 2.79. The topological polar surface area (TPSA) is 93.1 Å². The molecule has 8 nitrogen and oxygen atoms in total. The number of nitrogens with one attached hydrogen (secondary N) is 1. The summed E-state index contributed by atoms with van der Waals surface area (Å²) in [5.41, 5.74) is 4.48. The van der Waals surface area contributed by atoms with E-state index in [1.165, 1.54) is 16.6 Å². The minimum Gasteiger partial charge on any atom is -0.486 e. The maximum Gasteiger partial charge on any atom is 0.244 e. The van der Waals surface area contributed by atoms with Gasteiger partial charge in [-0.15, -0.1) is 0 Å². The van der Waals surface area contributed by atoms with Crippen molar-refractivity contribution in [1.82, 2.24) is 9.29 Å². The number of nitrogens with zero attached hydrogens (tertiary/aromatic N) is 3. The monoisotopic (exact) mass is 404 g/mol. The summed E-state index contributed by atoms with van der Waals surface area (Å²) in [6.07, 6.45) is 1.34. The first kappa shape index (κ1) is 20.1. The van der Waals surface area contributed by atoms with Crippen LogP contribution < -0.4 is 14.9 Å². The Kier molecular flexibility index (Phi) is 6.15. The lowest BCUT2D eigenvalue weighted by Gasteiger charge is -2.18. The van der Waals surface area contributed by atoms with Crippen molar-refractivity contribution in [3.63, 3.8) is 0 Å². The molecule has 0 saturated heterocycles. The van der Waals surface area contributed by atoms with Gasteiger partial charge in [0, 0.05) is 24.8 Å². The molecule has 1 aromatic carbocycles. The molecule has 1 aliphatic heterocycles. The summed E-state index contributed by atoms with van der Waals surface area (Å²) in [5.74, 6) is 1.88. The number of fused-ring (bicyclic) bond motifs is 1. The Labute approximate surface area is 165 Å². The Morgan fingerprint density at radius 3 is 2.50 bits per heavy atom. The summed E-state index contributed by atoms with van der Waals surface area (Å²) in [6, 6.07) is 8.76. The number of hydrogen-bond donors (Lipinski definition) is 1. The summed E-state index contributed by atoms with van der Waals surface area (Å²) in [6.45, 7) is 7.37. The molecule has 150 valence electrons. The molecule has 0 atom stereocenters. The standard InChI is InChI=1S/C19H24N4O4S/c1-4-23(5-2)28(24,25)16-7-9-19(20-13-16)22-21-14(3)15-6-8-17-18(12-15)27-11-10-26-17/h6-9,12-13H,4-5,10-11H2,1-3H3,(H,20,22)/b21-14+. The van der Waals surface area contributed by atoms with Crippen LogP contribution in [0.5, 0.6) is 11.5 Å². The molecule has 0 aliphatic carbocycles. The molecule has 1 N–H and O–H groups in total. The van der Waals surface area contributed by atoms with Gasteiger partial charge in [-0.1, -0.05) is 13.8 Å². The van der Waals surface area contributed by atoms with Gasteiger partial charge in [-0.3, -0.25) is 5.43 Å². The molecule has 2 heterocycles. The average Bonchev–Trinajstić information content (AvgIpc) is 2.72. The highest BCUT2D eigenvalue weighted by atomic mass is 32.2. The second kappa shape index (κ2) is 8.57. The van der Waals surface area contributed by atoms with E-state index in [1.54, 1.807) is 19.9 Å². The second-order valence-electron chi connectivity index (χ2n) is 6.14. The summed E-state index contributed by atoms with van der Waals surface area (Å²) in [4.78, 5) is 4.32. The number of benzene rings is 1. The Hall–Kier alpha value is -2.65. The minimum atomic E-state index is -3.52. The Bertz CT molecular complexity index is 954. The van der Waals surface area contributed by atoms with Gasteiger partial charge in [-0.25, -0.2) is 13.4 Å². The van der Waals surface area contributed by atoms with E-state index in [2.05, 4.69) is 15.5 Å². The zero-order valence-corrected chi connectivity index (χ0v) is 17.0. The van der Waals surface area contributed by atoms with Crippen LogP contribution in [0.3, 0.4) is 0 Å². The number of aromatic nitrogens is 1. The van der Waals surface area contributed by atoms with Crippen LogP contribution in [0.15, 0.2) is 46.5 Å². The number of hydrazone groups is 1. The molecule has 0 amide bonds. The molecule has 9 heteroatoms. The highest BCUT2D eigenvalue weighted by molar-refractivity contribution is 7.89. The van der Waals surface area contributed by atoms with Gasteiger partial charge in [0.1, 0.15) is 23.9 Å². The lowest BCUT2D eigenvalue weighted by atomic mass is 10.1. The molecule has 3 rings (SSSR count). The third kappa shape index (κ3) is 4.26. The van der Waals surface area contributed by atoms with Crippen molar-refractivity contribution < 1.29 is 17.9 Å². The molecule has 28 heavy (non-hydrogen) atoms. The van der Waals surface area contributed by atoms with Gasteiger partial charge in [0.15, 0.2) is 11.5 Å². The van der Waals surface area contributed by atoms with Crippen LogP contribution in [0, 0.1) is 0 Å². The van der Waals surface area contributed by atoms with Gasteiger partial charge in [0.2, 0.25) is 10.0 Å². The van der Waals surface area contributed by atoms with Crippen molar-refractivity contribution in [2.45, 2.75) is 25.7 Å². The maximum absolute atomic E-state index is 12.5. The normalized spacial score (nSPS) is 14.2. The van der Waals surface area contributed by atoms with E-state index in [1.807, 2.05) is 25.1 Å². The molecule has 0 fully saturated rings. The number of rotatable bonds is 7. The molecule has 1 aromatic heterocycles.